The van der Waals surface area contributed by atoms with E-state index < -0.39 is 0 Å². The van der Waals surface area contributed by atoms with Gasteiger partial charge in [-0.15, -0.1) is 22.7 Å². The number of rotatable bonds is 6. The quantitative estimate of drug-likeness (QED) is 0.167. The van der Waals surface area contributed by atoms with Gasteiger partial charge >= 0.3 is 0 Å². The van der Waals surface area contributed by atoms with Crippen molar-refractivity contribution >= 4 is 102 Å². The molecule has 12 rings (SSSR count). The Kier molecular flexibility index (Phi) is 7.62. The Balaban J connectivity index is 0.980. The third-order valence-corrected chi connectivity index (χ3v) is 13.9. The smallest absolute Gasteiger partial charge is 0.159 e. The van der Waals surface area contributed by atoms with Crippen LogP contribution >= 0.6 is 22.7 Å². The minimum atomic E-state index is 0.868. The standard InChI is InChI=1S/C54H33NOS2/c1-2-11-37(12-3-1)40-15-8-16-43-44-17-9-19-47(53(44)56-52(40)43)55(48-20-10-18-45-41-13-4-7-22-50(41)58-54(45)48)39-30-27-35(28-31-39)34-23-25-36(26-24-34)38-29-32-51-46(33-38)42-14-5-6-21-49(42)57-51/h1-33H. The van der Waals surface area contributed by atoms with E-state index in [9.17, 15) is 0 Å². The molecule has 3 heterocycles. The Morgan fingerprint density at radius 1 is 0.328 bits per heavy atom. The Hall–Kier alpha value is -6.98. The van der Waals surface area contributed by atoms with Gasteiger partial charge in [0.2, 0.25) is 0 Å². The lowest BCUT2D eigenvalue weighted by molar-refractivity contribution is 0.670. The highest BCUT2D eigenvalue weighted by Crippen LogP contribution is 2.48. The van der Waals surface area contributed by atoms with E-state index in [0.717, 1.165) is 50.1 Å². The largest absolute Gasteiger partial charge is 0.453 e. The maximum absolute atomic E-state index is 7.01. The van der Waals surface area contributed by atoms with Gasteiger partial charge in [-0.2, -0.15) is 0 Å². The van der Waals surface area contributed by atoms with Gasteiger partial charge in [-0.3, -0.25) is 0 Å². The fraction of sp³-hybridized carbons (Fsp3) is 0. The topological polar surface area (TPSA) is 16.4 Å². The van der Waals surface area contributed by atoms with Crippen LogP contribution in [0, 0.1) is 0 Å². The molecule has 0 saturated heterocycles. The maximum Gasteiger partial charge on any atom is 0.159 e. The highest BCUT2D eigenvalue weighted by Gasteiger charge is 2.23. The third kappa shape index (κ3) is 5.30. The first-order valence-corrected chi connectivity index (χ1v) is 21.2. The van der Waals surface area contributed by atoms with Gasteiger partial charge in [0.05, 0.1) is 16.1 Å². The van der Waals surface area contributed by atoms with Gasteiger partial charge in [0.1, 0.15) is 5.58 Å². The van der Waals surface area contributed by atoms with Crippen molar-refractivity contribution in [1.82, 2.24) is 0 Å². The summed E-state index contributed by atoms with van der Waals surface area (Å²) < 4.78 is 12.2. The second-order valence-electron chi connectivity index (χ2n) is 14.8. The molecule has 0 aliphatic carbocycles. The van der Waals surface area contributed by atoms with E-state index in [-0.39, 0.29) is 0 Å². The first kappa shape index (κ1) is 33.2. The maximum atomic E-state index is 7.01. The highest BCUT2D eigenvalue weighted by atomic mass is 32.1. The number of furan rings is 1. The summed E-state index contributed by atoms with van der Waals surface area (Å²) in [6.07, 6.45) is 0. The monoisotopic (exact) mass is 775 g/mol. The third-order valence-electron chi connectivity index (χ3n) is 11.5. The molecule has 0 bridgehead atoms. The summed E-state index contributed by atoms with van der Waals surface area (Å²) >= 11 is 3.70. The fourth-order valence-corrected chi connectivity index (χ4v) is 11.0. The lowest BCUT2D eigenvalue weighted by Crippen LogP contribution is -2.10. The SMILES string of the molecule is c1ccc(-c2cccc3c2oc2c(N(c4ccc(-c5ccc(-c6ccc7sc8ccccc8c7c6)cc5)cc4)c4cccc5c4sc4ccccc45)cccc23)cc1. The molecule has 0 atom stereocenters. The van der Waals surface area contributed by atoms with Gasteiger partial charge in [0, 0.05) is 57.7 Å². The van der Waals surface area contributed by atoms with Crippen molar-refractivity contribution in [2.24, 2.45) is 0 Å². The first-order valence-electron chi connectivity index (χ1n) is 19.6. The molecule has 12 aromatic rings. The fourth-order valence-electron chi connectivity index (χ4n) is 8.71. The van der Waals surface area contributed by atoms with E-state index in [0.29, 0.717) is 0 Å². The molecule has 9 aromatic carbocycles. The van der Waals surface area contributed by atoms with Crippen molar-refractivity contribution in [3.05, 3.63) is 200 Å². The van der Waals surface area contributed by atoms with Gasteiger partial charge in [-0.1, -0.05) is 152 Å². The van der Waals surface area contributed by atoms with E-state index >= 15 is 0 Å². The molecule has 272 valence electrons. The normalized spacial score (nSPS) is 11.8. The van der Waals surface area contributed by atoms with Crippen LogP contribution in [-0.2, 0) is 0 Å². The lowest BCUT2D eigenvalue weighted by atomic mass is 9.99. The molecule has 3 aromatic heterocycles. The van der Waals surface area contributed by atoms with E-state index in [1.54, 1.807) is 0 Å². The van der Waals surface area contributed by atoms with E-state index in [2.05, 4.69) is 205 Å². The van der Waals surface area contributed by atoms with Crippen molar-refractivity contribution in [1.29, 1.82) is 0 Å². The first-order chi connectivity index (χ1) is 28.7. The summed E-state index contributed by atoms with van der Waals surface area (Å²) in [6, 6.07) is 72.5. The minimum Gasteiger partial charge on any atom is -0.453 e. The predicted molar refractivity (Wildman–Crippen MR) is 250 cm³/mol. The van der Waals surface area contributed by atoms with Gasteiger partial charge in [-0.05, 0) is 76.3 Å². The molecule has 4 heteroatoms. The second kappa shape index (κ2) is 13.3. The van der Waals surface area contributed by atoms with Crippen LogP contribution in [0.2, 0.25) is 0 Å². The predicted octanol–water partition coefficient (Wildman–Crippen LogP) is 16.8. The summed E-state index contributed by atoms with van der Waals surface area (Å²) in [5, 5.41) is 7.40. The van der Waals surface area contributed by atoms with E-state index in [1.165, 1.54) is 62.6 Å². The van der Waals surface area contributed by atoms with Crippen LogP contribution in [0.5, 0.6) is 0 Å². The number of thiophene rings is 2. The number of nitrogens with zero attached hydrogens (tertiary/aromatic N) is 1. The molecule has 0 N–H and O–H groups in total. The van der Waals surface area contributed by atoms with Gasteiger partial charge in [0.15, 0.2) is 5.58 Å². The number of para-hydroxylation sites is 2. The molecule has 0 aliphatic rings. The lowest BCUT2D eigenvalue weighted by Gasteiger charge is -2.26. The number of benzene rings is 9. The zero-order chi connectivity index (χ0) is 38.2. The van der Waals surface area contributed by atoms with Crippen LogP contribution in [0.15, 0.2) is 205 Å². The zero-order valence-electron chi connectivity index (χ0n) is 31.2. The molecule has 0 amide bonds. The second-order valence-corrected chi connectivity index (χ2v) is 17.0. The molecule has 58 heavy (non-hydrogen) atoms. The zero-order valence-corrected chi connectivity index (χ0v) is 32.9. The molecular weight excluding hydrogens is 743 g/mol. The van der Waals surface area contributed by atoms with Gasteiger partial charge in [0.25, 0.3) is 0 Å². The molecule has 0 fully saturated rings. The van der Waals surface area contributed by atoms with Crippen LogP contribution in [0.4, 0.5) is 17.1 Å². The highest BCUT2D eigenvalue weighted by molar-refractivity contribution is 7.26. The average Bonchev–Trinajstić information content (AvgIpc) is 3.99. The van der Waals surface area contributed by atoms with Crippen molar-refractivity contribution in [3.8, 4) is 33.4 Å². The Morgan fingerprint density at radius 2 is 0.862 bits per heavy atom. The van der Waals surface area contributed by atoms with Crippen LogP contribution in [0.1, 0.15) is 0 Å². The number of fused-ring (bicyclic) bond motifs is 9. The van der Waals surface area contributed by atoms with Crippen molar-refractivity contribution in [2.45, 2.75) is 0 Å². The summed E-state index contributed by atoms with van der Waals surface area (Å²) in [7, 11) is 0. The average molecular weight is 776 g/mol. The van der Waals surface area contributed by atoms with Crippen LogP contribution in [0.3, 0.4) is 0 Å². The number of anilines is 3. The summed E-state index contributed by atoms with van der Waals surface area (Å²) in [5.74, 6) is 0. The van der Waals surface area contributed by atoms with Gasteiger partial charge < -0.3 is 9.32 Å². The molecule has 2 nitrogen and oxygen atoms in total. The van der Waals surface area contributed by atoms with E-state index in [1.807, 2.05) is 22.7 Å². The van der Waals surface area contributed by atoms with Crippen molar-refractivity contribution in [3.63, 3.8) is 0 Å². The Morgan fingerprint density at radius 3 is 1.62 bits per heavy atom. The summed E-state index contributed by atoms with van der Waals surface area (Å²) in [6.45, 7) is 0. The van der Waals surface area contributed by atoms with Crippen molar-refractivity contribution < 1.29 is 4.42 Å². The van der Waals surface area contributed by atoms with Crippen LogP contribution in [-0.4, -0.2) is 0 Å². The van der Waals surface area contributed by atoms with Crippen molar-refractivity contribution in [2.75, 3.05) is 4.90 Å². The summed E-state index contributed by atoms with van der Waals surface area (Å²) in [5.41, 5.74) is 12.0. The minimum absolute atomic E-state index is 0.868. The molecule has 0 saturated carbocycles. The van der Waals surface area contributed by atoms with E-state index in [4.69, 9.17) is 4.42 Å². The molecule has 0 unspecified atom stereocenters. The van der Waals surface area contributed by atoms with Crippen LogP contribution < -0.4 is 4.90 Å². The Bertz CT molecular complexity index is 3500. The number of hydrogen-bond donors (Lipinski definition) is 0. The Labute approximate surface area is 343 Å². The molecule has 0 radical (unpaired) electrons. The molecule has 0 spiro atoms. The molecule has 0 aliphatic heterocycles. The van der Waals surface area contributed by atoms with Gasteiger partial charge in [-0.25, -0.2) is 0 Å². The molecular formula is C54H33NOS2. The summed E-state index contributed by atoms with van der Waals surface area (Å²) in [4.78, 5) is 2.39. The number of hydrogen-bond acceptors (Lipinski definition) is 4. The van der Waals surface area contributed by atoms with Crippen LogP contribution in [0.25, 0.3) is 95.7 Å².